The van der Waals surface area contributed by atoms with Crippen LogP contribution in [0.25, 0.3) is 0 Å². The molecule has 0 aliphatic carbocycles. The summed E-state index contributed by atoms with van der Waals surface area (Å²) < 4.78 is 5.26. The number of rotatable bonds is 2. The number of benzene rings is 1. The van der Waals surface area contributed by atoms with Gasteiger partial charge in [0.05, 0.1) is 12.7 Å². The second-order valence-electron chi connectivity index (χ2n) is 4.93. The molecule has 1 heterocycles. The molecule has 2 N–H and O–H groups in total. The Labute approximate surface area is 118 Å². The van der Waals surface area contributed by atoms with Crippen molar-refractivity contribution in [2.75, 3.05) is 25.9 Å². The number of anilines is 1. The van der Waals surface area contributed by atoms with Crippen molar-refractivity contribution < 1.29 is 9.53 Å². The maximum absolute atomic E-state index is 12.6. The van der Waals surface area contributed by atoms with Crippen LogP contribution in [0.5, 0.6) is 5.75 Å². The predicted octanol–water partition coefficient (Wildman–Crippen LogP) is 2.24. The van der Waals surface area contributed by atoms with Gasteiger partial charge in [0.25, 0.3) is 5.91 Å². The second-order valence-corrected chi connectivity index (χ2v) is 6.81. The van der Waals surface area contributed by atoms with Gasteiger partial charge in [-0.05, 0) is 12.1 Å². The molecule has 0 saturated carbocycles. The van der Waals surface area contributed by atoms with Gasteiger partial charge in [0, 0.05) is 35.3 Å². The molecule has 2 rings (SSSR count). The minimum Gasteiger partial charge on any atom is -0.496 e. The molecule has 1 aromatic carbocycles. The quantitative estimate of drug-likeness (QED) is 0.844. The monoisotopic (exact) mass is 280 g/mol. The summed E-state index contributed by atoms with van der Waals surface area (Å²) in [5.41, 5.74) is 6.90. The number of carbonyl (C=O) groups is 1. The van der Waals surface area contributed by atoms with Crippen molar-refractivity contribution in [2.24, 2.45) is 0 Å². The molecule has 4 nitrogen and oxygen atoms in total. The summed E-state index contributed by atoms with van der Waals surface area (Å²) in [6.45, 7) is 5.87. The van der Waals surface area contributed by atoms with Gasteiger partial charge in [0.2, 0.25) is 0 Å². The Bertz CT molecular complexity index is 469. The first-order valence-corrected chi connectivity index (χ1v) is 7.33. The fourth-order valence-corrected chi connectivity index (χ4v) is 3.72. The van der Waals surface area contributed by atoms with Gasteiger partial charge in [-0.1, -0.05) is 13.8 Å². The van der Waals surface area contributed by atoms with E-state index in [1.165, 1.54) is 0 Å². The van der Waals surface area contributed by atoms with Gasteiger partial charge in [-0.15, -0.1) is 0 Å². The molecule has 1 fully saturated rings. The molecule has 19 heavy (non-hydrogen) atoms. The van der Waals surface area contributed by atoms with E-state index in [0.717, 1.165) is 13.1 Å². The number of nitrogens with zero attached hydrogens (tertiary/aromatic N) is 1. The van der Waals surface area contributed by atoms with E-state index >= 15 is 0 Å². The van der Waals surface area contributed by atoms with Crippen molar-refractivity contribution in [3.63, 3.8) is 0 Å². The normalized spacial score (nSPS) is 23.2. The highest BCUT2D eigenvalue weighted by Gasteiger charge is 2.27. The minimum absolute atomic E-state index is 0.0239. The van der Waals surface area contributed by atoms with Gasteiger partial charge < -0.3 is 15.4 Å². The first-order chi connectivity index (χ1) is 9.01. The lowest BCUT2D eigenvalue weighted by atomic mass is 10.1. The highest BCUT2D eigenvalue weighted by atomic mass is 32.2. The Kier molecular flexibility index (Phi) is 4.24. The molecule has 1 aliphatic heterocycles. The van der Waals surface area contributed by atoms with Crippen molar-refractivity contribution in [2.45, 2.75) is 24.3 Å². The van der Waals surface area contributed by atoms with Gasteiger partial charge in [-0.2, -0.15) is 11.8 Å². The van der Waals surface area contributed by atoms with E-state index < -0.39 is 0 Å². The van der Waals surface area contributed by atoms with E-state index in [0.29, 0.717) is 27.5 Å². The van der Waals surface area contributed by atoms with Crippen LogP contribution in [-0.4, -0.2) is 41.5 Å². The van der Waals surface area contributed by atoms with E-state index in [1.54, 1.807) is 25.3 Å². The van der Waals surface area contributed by atoms with Crippen LogP contribution in [-0.2, 0) is 0 Å². The smallest absolute Gasteiger partial charge is 0.257 e. The summed E-state index contributed by atoms with van der Waals surface area (Å²) in [5, 5.41) is 0.931. The molecule has 1 amide bonds. The van der Waals surface area contributed by atoms with Crippen molar-refractivity contribution in [3.05, 3.63) is 23.8 Å². The van der Waals surface area contributed by atoms with Gasteiger partial charge in [-0.25, -0.2) is 0 Å². The molecular formula is C14H20N2O2S. The molecule has 1 saturated heterocycles. The average Bonchev–Trinajstić information content (AvgIpc) is 2.36. The van der Waals surface area contributed by atoms with E-state index in [9.17, 15) is 4.79 Å². The summed E-state index contributed by atoms with van der Waals surface area (Å²) in [4.78, 5) is 14.5. The van der Waals surface area contributed by atoms with E-state index in [4.69, 9.17) is 10.5 Å². The number of nitrogens with two attached hydrogens (primary N) is 1. The van der Waals surface area contributed by atoms with Crippen molar-refractivity contribution >= 4 is 23.4 Å². The molecule has 2 atom stereocenters. The third-order valence-corrected chi connectivity index (χ3v) is 4.39. The number of amides is 1. The van der Waals surface area contributed by atoms with Crippen LogP contribution >= 0.6 is 11.8 Å². The minimum atomic E-state index is 0.0239. The lowest BCUT2D eigenvalue weighted by Gasteiger charge is -2.34. The maximum Gasteiger partial charge on any atom is 0.257 e. The van der Waals surface area contributed by atoms with Crippen LogP contribution < -0.4 is 10.5 Å². The lowest BCUT2D eigenvalue weighted by Crippen LogP contribution is -2.44. The Balaban J connectivity index is 2.24. The van der Waals surface area contributed by atoms with Crippen molar-refractivity contribution in [1.29, 1.82) is 0 Å². The predicted molar refractivity (Wildman–Crippen MR) is 79.8 cm³/mol. The van der Waals surface area contributed by atoms with Gasteiger partial charge in [0.15, 0.2) is 0 Å². The summed E-state index contributed by atoms with van der Waals surface area (Å²) in [7, 11) is 1.56. The van der Waals surface area contributed by atoms with Crippen molar-refractivity contribution in [1.82, 2.24) is 4.90 Å². The topological polar surface area (TPSA) is 55.6 Å². The molecule has 5 heteroatoms. The van der Waals surface area contributed by atoms with Crippen LogP contribution in [0.15, 0.2) is 18.2 Å². The Morgan fingerprint density at radius 1 is 1.37 bits per heavy atom. The number of methoxy groups -OCH3 is 1. The fraction of sp³-hybridized carbons (Fsp3) is 0.500. The third kappa shape index (κ3) is 3.15. The van der Waals surface area contributed by atoms with Gasteiger partial charge in [0.1, 0.15) is 5.75 Å². The lowest BCUT2D eigenvalue weighted by molar-refractivity contribution is 0.0750. The molecule has 1 aliphatic rings. The summed E-state index contributed by atoms with van der Waals surface area (Å²) in [6.07, 6.45) is 0. The number of hydrogen-bond acceptors (Lipinski definition) is 4. The third-order valence-electron chi connectivity index (χ3n) is 3.16. The zero-order valence-corrected chi connectivity index (χ0v) is 12.4. The summed E-state index contributed by atoms with van der Waals surface area (Å²) in [5.74, 6) is 0.569. The molecule has 0 aromatic heterocycles. The highest BCUT2D eigenvalue weighted by Crippen LogP contribution is 2.28. The van der Waals surface area contributed by atoms with E-state index in [1.807, 2.05) is 16.7 Å². The maximum atomic E-state index is 12.6. The van der Waals surface area contributed by atoms with Crippen LogP contribution in [0.4, 0.5) is 5.69 Å². The Hall–Kier alpha value is -1.36. The standard InChI is InChI=1S/C14H20N2O2S/c1-9-7-16(8-10(2)19-9)14(17)12-5-4-11(15)6-13(12)18-3/h4-6,9-10H,7-8,15H2,1-3H3. The zero-order valence-electron chi connectivity index (χ0n) is 11.6. The number of ether oxygens (including phenoxy) is 1. The number of carbonyl (C=O) groups excluding carboxylic acids is 1. The number of thioether (sulfide) groups is 1. The second kappa shape index (κ2) is 5.74. The first-order valence-electron chi connectivity index (χ1n) is 6.39. The molecule has 0 bridgehead atoms. The summed E-state index contributed by atoms with van der Waals surface area (Å²) >= 11 is 1.92. The SMILES string of the molecule is COc1cc(N)ccc1C(=O)N1CC(C)SC(C)C1. The number of hydrogen-bond donors (Lipinski definition) is 1. The average molecular weight is 280 g/mol. The molecule has 0 spiro atoms. The molecule has 1 aromatic rings. The van der Waals surface area contributed by atoms with E-state index in [2.05, 4.69) is 13.8 Å². The van der Waals surface area contributed by atoms with Crippen LogP contribution in [0, 0.1) is 0 Å². The molecule has 2 unspecified atom stereocenters. The fourth-order valence-electron chi connectivity index (χ4n) is 2.40. The van der Waals surface area contributed by atoms with Crippen LogP contribution in [0.2, 0.25) is 0 Å². The first kappa shape index (κ1) is 14.1. The summed E-state index contributed by atoms with van der Waals surface area (Å²) in [6, 6.07) is 5.17. The van der Waals surface area contributed by atoms with Gasteiger partial charge >= 0.3 is 0 Å². The van der Waals surface area contributed by atoms with Gasteiger partial charge in [-0.3, -0.25) is 4.79 Å². The largest absolute Gasteiger partial charge is 0.496 e. The highest BCUT2D eigenvalue weighted by molar-refractivity contribution is 8.00. The molecule has 0 radical (unpaired) electrons. The van der Waals surface area contributed by atoms with Crippen LogP contribution in [0.1, 0.15) is 24.2 Å². The Morgan fingerprint density at radius 2 is 2.00 bits per heavy atom. The van der Waals surface area contributed by atoms with Crippen LogP contribution in [0.3, 0.4) is 0 Å². The molecular weight excluding hydrogens is 260 g/mol. The molecule has 104 valence electrons. The zero-order chi connectivity index (χ0) is 14.0. The Morgan fingerprint density at radius 3 is 2.58 bits per heavy atom. The number of nitrogen functional groups attached to an aromatic ring is 1. The van der Waals surface area contributed by atoms with E-state index in [-0.39, 0.29) is 5.91 Å². The van der Waals surface area contributed by atoms with Crippen molar-refractivity contribution in [3.8, 4) is 5.75 Å².